The van der Waals surface area contributed by atoms with Crippen LogP contribution in [0.4, 0.5) is 0 Å². The molecule has 100 valence electrons. The quantitative estimate of drug-likeness (QED) is 0.738. The van der Waals surface area contributed by atoms with Gasteiger partial charge in [-0.05, 0) is 17.9 Å². The molecule has 0 unspecified atom stereocenters. The van der Waals surface area contributed by atoms with Crippen molar-refractivity contribution in [2.45, 2.75) is 26.7 Å². The summed E-state index contributed by atoms with van der Waals surface area (Å²) in [5.74, 6) is 1.32. The second-order valence-corrected chi connectivity index (χ2v) is 5.61. The van der Waals surface area contributed by atoms with Gasteiger partial charge in [-0.1, -0.05) is 67.4 Å². The highest BCUT2D eigenvalue weighted by Crippen LogP contribution is 2.32. The lowest BCUT2D eigenvalue weighted by atomic mass is 10.1. The van der Waals surface area contributed by atoms with Crippen molar-refractivity contribution in [2.24, 2.45) is 5.92 Å². The van der Waals surface area contributed by atoms with Gasteiger partial charge in [-0.15, -0.1) is 0 Å². The van der Waals surface area contributed by atoms with Crippen LogP contribution in [0, 0.1) is 5.92 Å². The molecule has 0 atom stereocenters. The molecule has 2 aromatic rings. The largest absolute Gasteiger partial charge is 0.220 e. The van der Waals surface area contributed by atoms with E-state index in [4.69, 9.17) is 23.2 Å². The summed E-state index contributed by atoms with van der Waals surface area (Å²) in [5.41, 5.74) is 1.64. The molecule has 0 spiro atoms. The Morgan fingerprint density at radius 2 is 1.58 bits per heavy atom. The van der Waals surface area contributed by atoms with E-state index >= 15 is 0 Å². The summed E-state index contributed by atoms with van der Waals surface area (Å²) in [4.78, 5) is 8.70. The van der Waals surface area contributed by atoms with E-state index in [1.165, 1.54) is 0 Å². The van der Waals surface area contributed by atoms with Crippen LogP contribution in [-0.4, -0.2) is 9.97 Å². The molecule has 0 N–H and O–H groups in total. The number of hydrogen-bond acceptors (Lipinski definition) is 2. The number of nitrogens with zero attached hydrogens (tertiary/aromatic N) is 2. The minimum absolute atomic E-state index is 0.421. The van der Waals surface area contributed by atoms with E-state index in [0.29, 0.717) is 27.6 Å². The summed E-state index contributed by atoms with van der Waals surface area (Å²) in [6.07, 6.45) is 1.82. The van der Waals surface area contributed by atoms with E-state index in [-0.39, 0.29) is 0 Å². The van der Waals surface area contributed by atoms with Crippen LogP contribution in [-0.2, 0) is 6.42 Å². The summed E-state index contributed by atoms with van der Waals surface area (Å²) in [6, 6.07) is 9.72. The van der Waals surface area contributed by atoms with Crippen LogP contribution in [0.1, 0.15) is 26.1 Å². The minimum Gasteiger partial charge on any atom is -0.220 e. The van der Waals surface area contributed by atoms with Gasteiger partial charge in [0.2, 0.25) is 0 Å². The van der Waals surface area contributed by atoms with Crippen molar-refractivity contribution in [1.82, 2.24) is 9.97 Å². The second-order valence-electron chi connectivity index (χ2n) is 4.90. The third-order valence-corrected chi connectivity index (χ3v) is 3.42. The Morgan fingerprint density at radius 1 is 1.00 bits per heavy atom. The van der Waals surface area contributed by atoms with E-state index in [9.17, 15) is 0 Å². The topological polar surface area (TPSA) is 25.8 Å². The van der Waals surface area contributed by atoms with Gasteiger partial charge in [0.1, 0.15) is 16.1 Å². The standard InChI is InChI=1S/C15H16Cl2N2/c1-10(2)8-9-12-18-14(16)13(15(17)19-12)11-6-4-3-5-7-11/h3-7,10H,8-9H2,1-2H3. The fourth-order valence-electron chi connectivity index (χ4n) is 1.82. The van der Waals surface area contributed by atoms with Gasteiger partial charge in [0, 0.05) is 6.42 Å². The molecule has 2 rings (SSSR count). The zero-order valence-corrected chi connectivity index (χ0v) is 12.5. The molecule has 0 saturated heterocycles. The van der Waals surface area contributed by atoms with Crippen LogP contribution in [0.5, 0.6) is 0 Å². The third kappa shape index (κ3) is 3.68. The van der Waals surface area contributed by atoms with Crippen LogP contribution in [0.15, 0.2) is 30.3 Å². The number of benzene rings is 1. The van der Waals surface area contributed by atoms with Crippen LogP contribution in [0.2, 0.25) is 10.3 Å². The number of rotatable bonds is 4. The lowest BCUT2D eigenvalue weighted by molar-refractivity contribution is 0.575. The summed E-state index contributed by atoms with van der Waals surface area (Å²) in [6.45, 7) is 4.34. The molecule has 0 radical (unpaired) electrons. The van der Waals surface area contributed by atoms with Crippen molar-refractivity contribution in [3.05, 3.63) is 46.5 Å². The summed E-state index contributed by atoms with van der Waals surface area (Å²) in [5, 5.41) is 0.843. The fourth-order valence-corrected chi connectivity index (χ4v) is 2.46. The molecule has 1 heterocycles. The Morgan fingerprint density at radius 3 is 2.11 bits per heavy atom. The van der Waals surface area contributed by atoms with Gasteiger partial charge in [0.15, 0.2) is 0 Å². The highest BCUT2D eigenvalue weighted by Gasteiger charge is 2.13. The maximum absolute atomic E-state index is 6.25. The van der Waals surface area contributed by atoms with Crippen LogP contribution in [0.25, 0.3) is 11.1 Å². The number of halogens is 2. The summed E-state index contributed by atoms with van der Waals surface area (Å²) >= 11 is 12.5. The first-order chi connectivity index (χ1) is 9.08. The Hall–Kier alpha value is -1.12. The van der Waals surface area contributed by atoms with Crippen LogP contribution < -0.4 is 0 Å². The minimum atomic E-state index is 0.421. The average Bonchev–Trinajstić information content (AvgIpc) is 2.37. The van der Waals surface area contributed by atoms with E-state index in [1.54, 1.807) is 0 Å². The van der Waals surface area contributed by atoms with Crippen molar-refractivity contribution >= 4 is 23.2 Å². The molecular weight excluding hydrogens is 279 g/mol. The average molecular weight is 295 g/mol. The van der Waals surface area contributed by atoms with Crippen molar-refractivity contribution in [3.63, 3.8) is 0 Å². The van der Waals surface area contributed by atoms with E-state index in [0.717, 1.165) is 18.4 Å². The molecular formula is C15H16Cl2N2. The van der Waals surface area contributed by atoms with E-state index in [2.05, 4.69) is 23.8 Å². The number of hydrogen-bond donors (Lipinski definition) is 0. The highest BCUT2D eigenvalue weighted by atomic mass is 35.5. The van der Waals surface area contributed by atoms with Gasteiger partial charge in [0.05, 0.1) is 5.56 Å². The van der Waals surface area contributed by atoms with Gasteiger partial charge in [0.25, 0.3) is 0 Å². The van der Waals surface area contributed by atoms with E-state index < -0.39 is 0 Å². The predicted molar refractivity (Wildman–Crippen MR) is 80.6 cm³/mol. The first kappa shape index (κ1) is 14.3. The predicted octanol–water partition coefficient (Wildman–Crippen LogP) is 5.04. The molecule has 0 amide bonds. The van der Waals surface area contributed by atoms with Crippen LogP contribution >= 0.6 is 23.2 Å². The van der Waals surface area contributed by atoms with Gasteiger partial charge in [-0.25, -0.2) is 9.97 Å². The van der Waals surface area contributed by atoms with E-state index in [1.807, 2.05) is 30.3 Å². The Labute approximate surface area is 123 Å². The fraction of sp³-hybridized carbons (Fsp3) is 0.333. The maximum atomic E-state index is 6.25. The van der Waals surface area contributed by atoms with Gasteiger partial charge in [-0.2, -0.15) is 0 Å². The lowest BCUT2D eigenvalue weighted by Crippen LogP contribution is -2.01. The lowest BCUT2D eigenvalue weighted by Gasteiger charge is -2.09. The van der Waals surface area contributed by atoms with Crippen molar-refractivity contribution in [1.29, 1.82) is 0 Å². The summed E-state index contributed by atoms with van der Waals surface area (Å²) < 4.78 is 0. The molecule has 1 aromatic carbocycles. The third-order valence-electron chi connectivity index (χ3n) is 2.87. The molecule has 0 fully saturated rings. The molecule has 0 aliphatic heterocycles. The molecule has 0 aliphatic rings. The maximum Gasteiger partial charge on any atom is 0.142 e. The van der Waals surface area contributed by atoms with Gasteiger partial charge in [-0.3, -0.25) is 0 Å². The normalized spacial score (nSPS) is 11.0. The second kappa shape index (κ2) is 6.36. The Bertz CT molecular complexity index is 530. The molecule has 0 bridgehead atoms. The van der Waals surface area contributed by atoms with Gasteiger partial charge < -0.3 is 0 Å². The van der Waals surface area contributed by atoms with Crippen molar-refractivity contribution < 1.29 is 0 Å². The van der Waals surface area contributed by atoms with Crippen molar-refractivity contribution in [3.8, 4) is 11.1 Å². The molecule has 19 heavy (non-hydrogen) atoms. The first-order valence-electron chi connectivity index (χ1n) is 6.35. The monoisotopic (exact) mass is 294 g/mol. The van der Waals surface area contributed by atoms with Gasteiger partial charge >= 0.3 is 0 Å². The molecule has 0 saturated carbocycles. The molecule has 2 nitrogen and oxygen atoms in total. The zero-order chi connectivity index (χ0) is 13.8. The molecule has 4 heteroatoms. The number of aryl methyl sites for hydroxylation is 1. The Kier molecular flexibility index (Phi) is 4.78. The van der Waals surface area contributed by atoms with Crippen molar-refractivity contribution in [2.75, 3.05) is 0 Å². The summed E-state index contributed by atoms with van der Waals surface area (Å²) in [7, 11) is 0. The smallest absolute Gasteiger partial charge is 0.142 e. The molecule has 0 aliphatic carbocycles. The first-order valence-corrected chi connectivity index (χ1v) is 7.11. The Balaban J connectivity index is 2.33. The highest BCUT2D eigenvalue weighted by molar-refractivity contribution is 6.37. The zero-order valence-electron chi connectivity index (χ0n) is 11.0. The molecule has 1 aromatic heterocycles. The van der Waals surface area contributed by atoms with Crippen LogP contribution in [0.3, 0.4) is 0 Å². The SMILES string of the molecule is CC(C)CCc1nc(Cl)c(-c2ccccc2)c(Cl)n1. The number of aromatic nitrogens is 2.